The first-order chi connectivity index (χ1) is 10.4. The molecule has 0 saturated carbocycles. The molecule has 2 aromatic heterocycles. The lowest BCUT2D eigenvalue weighted by atomic mass is 10.2. The maximum absolute atomic E-state index is 4.55. The molecule has 22 heavy (non-hydrogen) atoms. The van der Waals surface area contributed by atoms with E-state index in [1.807, 2.05) is 13.8 Å². The van der Waals surface area contributed by atoms with Crippen LogP contribution in [0.1, 0.15) is 36.1 Å². The molecule has 0 aromatic carbocycles. The van der Waals surface area contributed by atoms with Gasteiger partial charge >= 0.3 is 0 Å². The highest BCUT2D eigenvalue weighted by Crippen LogP contribution is 2.07. The van der Waals surface area contributed by atoms with Crippen LogP contribution in [-0.4, -0.2) is 44.1 Å². The van der Waals surface area contributed by atoms with Gasteiger partial charge in [-0.25, -0.2) is 0 Å². The third kappa shape index (κ3) is 4.19. The van der Waals surface area contributed by atoms with E-state index in [4.69, 9.17) is 0 Å². The molecule has 0 aliphatic carbocycles. The Kier molecular flexibility index (Phi) is 5.40. The van der Waals surface area contributed by atoms with Gasteiger partial charge in [0, 0.05) is 24.0 Å². The summed E-state index contributed by atoms with van der Waals surface area (Å²) in [7, 11) is 2.19. The largest absolute Gasteiger partial charge is 0.302 e. The summed E-state index contributed by atoms with van der Waals surface area (Å²) in [5, 5.41) is 9.07. The summed E-state index contributed by atoms with van der Waals surface area (Å²) in [6.07, 6.45) is 1.11. The van der Waals surface area contributed by atoms with E-state index in [9.17, 15) is 0 Å². The van der Waals surface area contributed by atoms with Crippen LogP contribution in [0, 0.1) is 27.7 Å². The molecular formula is C17H29N5. The number of aromatic nitrogens is 4. The molecule has 5 heteroatoms. The summed E-state index contributed by atoms with van der Waals surface area (Å²) >= 11 is 0. The van der Waals surface area contributed by atoms with Crippen molar-refractivity contribution >= 4 is 0 Å². The molecule has 0 bridgehead atoms. The molecular weight excluding hydrogens is 274 g/mol. The van der Waals surface area contributed by atoms with E-state index in [-0.39, 0.29) is 0 Å². The van der Waals surface area contributed by atoms with Crippen molar-refractivity contribution in [3.63, 3.8) is 0 Å². The van der Waals surface area contributed by atoms with E-state index in [1.165, 1.54) is 11.4 Å². The predicted molar refractivity (Wildman–Crippen MR) is 90.1 cm³/mol. The average molecular weight is 303 g/mol. The van der Waals surface area contributed by atoms with Crippen molar-refractivity contribution in [1.82, 2.24) is 24.5 Å². The highest BCUT2D eigenvalue weighted by atomic mass is 15.3. The number of rotatable bonds is 7. The fourth-order valence-electron chi connectivity index (χ4n) is 2.84. The maximum atomic E-state index is 4.55. The van der Waals surface area contributed by atoms with Crippen LogP contribution in [0.4, 0.5) is 0 Å². The van der Waals surface area contributed by atoms with Crippen LogP contribution >= 0.6 is 0 Å². The standard InChI is InChI=1S/C17H29N5/c1-13-10-15(3)21(18-13)9-7-8-20(6)17(5)12-22-16(4)11-14(2)19-22/h10-11,17H,7-9,12H2,1-6H3/t17-/m1/s1. The fraction of sp³-hybridized carbons (Fsp3) is 0.647. The van der Waals surface area contributed by atoms with Crippen LogP contribution in [0.15, 0.2) is 12.1 Å². The number of aryl methyl sites for hydroxylation is 5. The SMILES string of the molecule is Cc1cc(C)n(CCCN(C)[C@H](C)Cn2nc(C)cc2C)n1. The number of likely N-dealkylation sites (N-methyl/N-ethyl adjacent to an activating group) is 1. The molecule has 0 radical (unpaired) electrons. The smallest absolute Gasteiger partial charge is 0.0596 e. The molecule has 0 unspecified atom stereocenters. The third-order valence-electron chi connectivity index (χ3n) is 4.28. The Morgan fingerprint density at radius 1 is 1.00 bits per heavy atom. The zero-order valence-electron chi connectivity index (χ0n) is 14.8. The summed E-state index contributed by atoms with van der Waals surface area (Å²) in [4.78, 5) is 2.40. The molecule has 5 nitrogen and oxygen atoms in total. The zero-order valence-corrected chi connectivity index (χ0v) is 14.8. The van der Waals surface area contributed by atoms with Crippen molar-refractivity contribution in [3.05, 3.63) is 34.9 Å². The Hall–Kier alpha value is -1.62. The van der Waals surface area contributed by atoms with Gasteiger partial charge in [-0.1, -0.05) is 0 Å². The van der Waals surface area contributed by atoms with Gasteiger partial charge in [0.1, 0.15) is 0 Å². The second-order valence-corrected chi connectivity index (χ2v) is 6.44. The second kappa shape index (κ2) is 7.09. The summed E-state index contributed by atoms with van der Waals surface area (Å²) in [6.45, 7) is 13.6. The first kappa shape index (κ1) is 16.7. The van der Waals surface area contributed by atoms with Gasteiger partial charge in [0.2, 0.25) is 0 Å². The molecule has 0 aliphatic rings. The molecule has 0 spiro atoms. The number of nitrogens with zero attached hydrogens (tertiary/aromatic N) is 5. The minimum Gasteiger partial charge on any atom is -0.302 e. The Bertz CT molecular complexity index is 611. The molecule has 0 saturated heterocycles. The summed E-state index contributed by atoms with van der Waals surface area (Å²) in [6, 6.07) is 4.74. The normalized spacial score (nSPS) is 13.0. The van der Waals surface area contributed by atoms with Crippen molar-refractivity contribution < 1.29 is 0 Å². The molecule has 122 valence electrons. The van der Waals surface area contributed by atoms with E-state index in [0.717, 1.165) is 37.4 Å². The lowest BCUT2D eigenvalue weighted by Gasteiger charge is -2.25. The molecule has 0 amide bonds. The Labute approximate surface area is 133 Å². The Balaban J connectivity index is 1.80. The van der Waals surface area contributed by atoms with Crippen LogP contribution < -0.4 is 0 Å². The third-order valence-corrected chi connectivity index (χ3v) is 4.28. The first-order valence-electron chi connectivity index (χ1n) is 8.09. The maximum Gasteiger partial charge on any atom is 0.0596 e. The van der Waals surface area contributed by atoms with E-state index in [1.54, 1.807) is 0 Å². The van der Waals surface area contributed by atoms with Crippen molar-refractivity contribution in [1.29, 1.82) is 0 Å². The Morgan fingerprint density at radius 3 is 2.05 bits per heavy atom. The minimum absolute atomic E-state index is 0.471. The van der Waals surface area contributed by atoms with Gasteiger partial charge in [-0.15, -0.1) is 0 Å². The van der Waals surface area contributed by atoms with E-state index < -0.39 is 0 Å². The first-order valence-corrected chi connectivity index (χ1v) is 8.09. The summed E-state index contributed by atoms with van der Waals surface area (Å²) in [5.41, 5.74) is 4.68. The lowest BCUT2D eigenvalue weighted by Crippen LogP contribution is -2.34. The van der Waals surface area contributed by atoms with Crippen molar-refractivity contribution in [3.8, 4) is 0 Å². The molecule has 0 N–H and O–H groups in total. The second-order valence-electron chi connectivity index (χ2n) is 6.44. The molecule has 1 atom stereocenters. The van der Waals surface area contributed by atoms with Crippen LogP contribution in [-0.2, 0) is 13.1 Å². The van der Waals surface area contributed by atoms with Gasteiger partial charge in [-0.3, -0.25) is 9.36 Å². The van der Waals surface area contributed by atoms with E-state index in [0.29, 0.717) is 6.04 Å². The van der Waals surface area contributed by atoms with Gasteiger partial charge in [-0.2, -0.15) is 10.2 Å². The molecule has 0 aliphatic heterocycles. The lowest BCUT2D eigenvalue weighted by molar-refractivity contribution is 0.221. The van der Waals surface area contributed by atoms with E-state index in [2.05, 4.69) is 64.4 Å². The van der Waals surface area contributed by atoms with Gasteiger partial charge in [-0.05, 0) is 66.8 Å². The summed E-state index contributed by atoms with van der Waals surface area (Å²) in [5.74, 6) is 0. The summed E-state index contributed by atoms with van der Waals surface area (Å²) < 4.78 is 4.21. The average Bonchev–Trinajstić information content (AvgIpc) is 2.91. The highest BCUT2D eigenvalue weighted by Gasteiger charge is 2.12. The fourth-order valence-corrected chi connectivity index (χ4v) is 2.84. The molecule has 0 fully saturated rings. The number of hydrogen-bond donors (Lipinski definition) is 0. The highest BCUT2D eigenvalue weighted by molar-refractivity contribution is 5.07. The Morgan fingerprint density at radius 2 is 1.55 bits per heavy atom. The van der Waals surface area contributed by atoms with Crippen molar-refractivity contribution in [2.24, 2.45) is 0 Å². The van der Waals surface area contributed by atoms with Gasteiger partial charge in [0.15, 0.2) is 0 Å². The van der Waals surface area contributed by atoms with Crippen LogP contribution in [0.2, 0.25) is 0 Å². The molecule has 2 rings (SSSR count). The van der Waals surface area contributed by atoms with Crippen LogP contribution in [0.5, 0.6) is 0 Å². The van der Waals surface area contributed by atoms with Crippen LogP contribution in [0.25, 0.3) is 0 Å². The predicted octanol–water partition coefficient (Wildman–Crippen LogP) is 2.72. The zero-order chi connectivity index (χ0) is 16.3. The van der Waals surface area contributed by atoms with Gasteiger partial charge in [0.25, 0.3) is 0 Å². The monoisotopic (exact) mass is 303 g/mol. The van der Waals surface area contributed by atoms with E-state index >= 15 is 0 Å². The minimum atomic E-state index is 0.471. The number of hydrogen-bond acceptors (Lipinski definition) is 3. The van der Waals surface area contributed by atoms with Gasteiger partial charge < -0.3 is 4.90 Å². The topological polar surface area (TPSA) is 38.9 Å². The van der Waals surface area contributed by atoms with Crippen LogP contribution in [0.3, 0.4) is 0 Å². The van der Waals surface area contributed by atoms with Crippen molar-refractivity contribution in [2.45, 2.75) is 60.2 Å². The quantitative estimate of drug-likeness (QED) is 0.789. The molecule has 2 heterocycles. The van der Waals surface area contributed by atoms with Gasteiger partial charge in [0.05, 0.1) is 17.9 Å². The molecule has 2 aromatic rings. The van der Waals surface area contributed by atoms with Crippen molar-refractivity contribution in [2.75, 3.05) is 13.6 Å².